The highest BCUT2D eigenvalue weighted by Crippen LogP contribution is 2.44. The molecule has 0 aliphatic heterocycles. The number of hydrogen-bond acceptors (Lipinski definition) is 1. The molecule has 0 fully saturated rings. The van der Waals surface area contributed by atoms with Gasteiger partial charge in [0.15, 0.2) is 0 Å². The molecule has 3 heteroatoms. The van der Waals surface area contributed by atoms with Crippen LogP contribution in [0.15, 0.2) is 84.9 Å². The molecule has 3 aromatic carbocycles. The van der Waals surface area contributed by atoms with Crippen molar-refractivity contribution in [3.63, 3.8) is 0 Å². The number of carboxylic acids is 1. The van der Waals surface area contributed by atoms with E-state index in [1.54, 1.807) is 0 Å². The van der Waals surface area contributed by atoms with E-state index in [1.165, 1.54) is 5.80 Å². The van der Waals surface area contributed by atoms with Crippen LogP contribution in [0, 0.1) is 6.92 Å². The molecule has 0 radical (unpaired) electrons. The molecule has 120 valence electrons. The summed E-state index contributed by atoms with van der Waals surface area (Å²) in [6, 6.07) is 28.0. The summed E-state index contributed by atoms with van der Waals surface area (Å²) in [5.74, 6) is 0.624. The lowest BCUT2D eigenvalue weighted by molar-refractivity contribution is -0.128. The Bertz CT molecular complexity index is 856. The van der Waals surface area contributed by atoms with Crippen LogP contribution in [0.4, 0.5) is 0 Å². The predicted octanol–water partition coefficient (Wildman–Crippen LogP) is 3.18. The van der Waals surface area contributed by atoms with E-state index in [1.807, 2.05) is 85.8 Å². The number of carbonyl (C=O) groups is 1. The lowest BCUT2D eigenvalue weighted by Gasteiger charge is -2.29. The van der Waals surface area contributed by atoms with Crippen LogP contribution in [0.2, 0.25) is 0 Å². The molecule has 0 saturated heterocycles. The predicted molar refractivity (Wildman–Crippen MR) is 104 cm³/mol. The number of aliphatic carboxylic acids is 1. The normalized spacial score (nSPS) is 11.0. The molecule has 0 aromatic heterocycles. The van der Waals surface area contributed by atoms with E-state index in [4.69, 9.17) is 0 Å². The van der Waals surface area contributed by atoms with Gasteiger partial charge in [-0.25, -0.2) is 4.79 Å². The van der Waals surface area contributed by atoms with Gasteiger partial charge < -0.3 is 5.11 Å². The van der Waals surface area contributed by atoms with Crippen molar-refractivity contribution in [2.24, 2.45) is 0 Å². The average molecular weight is 334 g/mol. The summed E-state index contributed by atoms with van der Waals surface area (Å²) in [5, 5.41) is 12.9. The van der Waals surface area contributed by atoms with Crippen LogP contribution in [0.25, 0.3) is 0 Å². The summed E-state index contributed by atoms with van der Waals surface area (Å²) >= 11 is 0. The van der Waals surface area contributed by atoms with Crippen molar-refractivity contribution in [1.29, 1.82) is 0 Å². The minimum Gasteiger partial charge on any atom is -0.478 e. The molecular formula is C21H19O2P. The van der Waals surface area contributed by atoms with E-state index in [2.05, 4.69) is 6.07 Å². The van der Waals surface area contributed by atoms with Crippen LogP contribution in [-0.2, 0) is 4.79 Å². The number of rotatable bonds is 4. The molecule has 2 nitrogen and oxygen atoms in total. The summed E-state index contributed by atoms with van der Waals surface area (Å²) in [6.07, 6.45) is 0. The number of carboxylic acid groups (broad SMARTS) is 1. The molecule has 3 rings (SSSR count). The molecule has 0 heterocycles. The quantitative estimate of drug-likeness (QED) is 0.744. The molecule has 0 amide bonds. The number of aryl methyl sites for hydroxylation is 1. The highest BCUT2D eigenvalue weighted by molar-refractivity contribution is 7.95. The van der Waals surface area contributed by atoms with Gasteiger partial charge in [0.25, 0.3) is 0 Å². The Morgan fingerprint density at radius 1 is 0.792 bits per heavy atom. The molecule has 0 bridgehead atoms. The summed E-state index contributed by atoms with van der Waals surface area (Å²) in [7, 11) is 0. The second kappa shape index (κ2) is 6.90. The zero-order chi connectivity index (χ0) is 17.0. The first kappa shape index (κ1) is 16.3. The average Bonchev–Trinajstić information content (AvgIpc) is 2.62. The molecule has 0 saturated carbocycles. The first-order valence-corrected chi connectivity index (χ1v) is 9.65. The number of hydrogen-bond donors (Lipinski definition) is 1. The molecule has 3 aromatic rings. The van der Waals surface area contributed by atoms with Gasteiger partial charge in [-0.2, -0.15) is 0 Å². The Hall–Kier alpha value is -2.57. The van der Waals surface area contributed by atoms with Gasteiger partial charge in [-0.15, -0.1) is 0 Å². The summed E-state index contributed by atoms with van der Waals surface area (Å²) < 4.78 is 0. The smallest absolute Gasteiger partial charge is 0.329 e. The maximum atomic E-state index is 11.8. The van der Waals surface area contributed by atoms with Crippen molar-refractivity contribution in [2.45, 2.75) is 6.92 Å². The van der Waals surface area contributed by atoms with Crippen molar-refractivity contribution < 1.29 is 9.90 Å². The second-order valence-corrected chi connectivity index (χ2v) is 8.87. The lowest BCUT2D eigenvalue weighted by atomic mass is 10.2. The summed E-state index contributed by atoms with van der Waals surface area (Å²) in [5.41, 5.74) is 1.11. The second-order valence-electron chi connectivity index (χ2n) is 5.65. The van der Waals surface area contributed by atoms with Crippen molar-refractivity contribution in [1.82, 2.24) is 0 Å². The highest BCUT2D eigenvalue weighted by atomic mass is 31.2. The van der Waals surface area contributed by atoms with Crippen molar-refractivity contribution in [3.05, 3.63) is 90.5 Å². The van der Waals surface area contributed by atoms with Crippen LogP contribution >= 0.6 is 6.89 Å². The maximum absolute atomic E-state index is 11.8. The zero-order valence-electron chi connectivity index (χ0n) is 13.5. The van der Waals surface area contributed by atoms with Gasteiger partial charge in [0.05, 0.1) is 0 Å². The van der Waals surface area contributed by atoms with Gasteiger partial charge in [-0.1, -0.05) is 84.9 Å². The first-order valence-electron chi connectivity index (χ1n) is 7.79. The molecule has 0 aliphatic rings. The van der Waals surface area contributed by atoms with Crippen molar-refractivity contribution in [2.75, 3.05) is 0 Å². The Labute approximate surface area is 142 Å². The molecular weight excluding hydrogens is 315 g/mol. The van der Waals surface area contributed by atoms with E-state index < -0.39 is 12.9 Å². The first-order chi connectivity index (χ1) is 11.6. The fourth-order valence-electron chi connectivity index (χ4n) is 3.10. The van der Waals surface area contributed by atoms with Gasteiger partial charge in [-0.3, -0.25) is 0 Å². The Morgan fingerprint density at radius 2 is 1.25 bits per heavy atom. The van der Waals surface area contributed by atoms with Crippen LogP contribution in [0.3, 0.4) is 0 Å². The zero-order valence-corrected chi connectivity index (χ0v) is 14.4. The highest BCUT2D eigenvalue weighted by Gasteiger charge is 2.27. The van der Waals surface area contributed by atoms with E-state index >= 15 is 0 Å². The molecule has 1 N–H and O–H groups in total. The van der Waals surface area contributed by atoms with Gasteiger partial charge >= 0.3 is 5.97 Å². The lowest BCUT2D eigenvalue weighted by Crippen LogP contribution is -2.29. The maximum Gasteiger partial charge on any atom is 0.329 e. The standard InChI is InChI=1S/C21H19O2P/c1-17-10-8-9-15-20(17)24(16-21(22)23,18-11-4-2-5-12-18)19-13-6-3-7-14-19/h2-16H,1H3,(H,22,23). The third kappa shape index (κ3) is 2.93. The van der Waals surface area contributed by atoms with E-state index in [-0.39, 0.29) is 0 Å². The molecule has 0 atom stereocenters. The minimum absolute atomic E-state index is 0.890. The van der Waals surface area contributed by atoms with Crippen molar-refractivity contribution >= 4 is 34.6 Å². The molecule has 24 heavy (non-hydrogen) atoms. The van der Waals surface area contributed by atoms with Gasteiger partial charge in [-0.05, 0) is 35.3 Å². The van der Waals surface area contributed by atoms with Crippen LogP contribution in [0.5, 0.6) is 0 Å². The molecule has 0 spiro atoms. The van der Waals surface area contributed by atoms with Crippen molar-refractivity contribution in [3.8, 4) is 0 Å². The fourth-order valence-corrected chi connectivity index (χ4v) is 6.96. The van der Waals surface area contributed by atoms with Gasteiger partial charge in [0, 0.05) is 5.80 Å². The van der Waals surface area contributed by atoms with E-state index in [0.717, 1.165) is 21.5 Å². The molecule has 0 aliphatic carbocycles. The fraction of sp³-hybridized carbons (Fsp3) is 0.0476. The third-order valence-electron chi connectivity index (χ3n) is 4.13. The largest absolute Gasteiger partial charge is 0.478 e. The van der Waals surface area contributed by atoms with Crippen LogP contribution < -0.4 is 15.9 Å². The third-order valence-corrected chi connectivity index (χ3v) is 8.22. The van der Waals surface area contributed by atoms with Gasteiger partial charge in [0.1, 0.15) is 0 Å². The van der Waals surface area contributed by atoms with Crippen LogP contribution in [-0.4, -0.2) is 16.9 Å². The summed E-state index contributed by atoms with van der Waals surface area (Å²) in [4.78, 5) is 11.8. The monoisotopic (exact) mass is 334 g/mol. The van der Waals surface area contributed by atoms with E-state index in [9.17, 15) is 9.90 Å². The van der Waals surface area contributed by atoms with Gasteiger partial charge in [0.2, 0.25) is 0 Å². The topological polar surface area (TPSA) is 37.3 Å². The Balaban J connectivity index is 2.48. The Kier molecular flexibility index (Phi) is 4.69. The molecule has 0 unspecified atom stereocenters. The van der Waals surface area contributed by atoms with Crippen LogP contribution in [0.1, 0.15) is 5.56 Å². The number of benzene rings is 3. The minimum atomic E-state index is -2.37. The summed E-state index contributed by atoms with van der Waals surface area (Å²) in [6.45, 7) is -0.324. The Morgan fingerprint density at radius 3 is 1.71 bits per heavy atom. The van der Waals surface area contributed by atoms with E-state index in [0.29, 0.717) is 0 Å². The SMILES string of the molecule is Cc1ccccc1P(=CC(=O)O)(c1ccccc1)c1ccccc1.